The van der Waals surface area contributed by atoms with Crippen LogP contribution in [0, 0.1) is 0 Å². The predicted octanol–water partition coefficient (Wildman–Crippen LogP) is -0.583. The van der Waals surface area contributed by atoms with Gasteiger partial charge in [0.05, 0.1) is 17.5 Å². The fourth-order valence-electron chi connectivity index (χ4n) is 1.73. The molecule has 2 rings (SSSR count). The van der Waals surface area contributed by atoms with E-state index in [4.69, 9.17) is 10.9 Å². The van der Waals surface area contributed by atoms with Gasteiger partial charge in [-0.3, -0.25) is 4.79 Å². The number of thiophene rings is 1. The van der Waals surface area contributed by atoms with E-state index in [-0.39, 0.29) is 18.2 Å². The van der Waals surface area contributed by atoms with Crippen LogP contribution in [0.5, 0.6) is 0 Å². The molecule has 5 N–H and O–H groups in total. The van der Waals surface area contributed by atoms with E-state index in [1.165, 1.54) is 11.3 Å². The second kappa shape index (κ2) is 4.20. The number of rotatable bonds is 2. The molecule has 0 bridgehead atoms. The van der Waals surface area contributed by atoms with Crippen molar-refractivity contribution in [2.24, 2.45) is 10.9 Å². The topological polar surface area (TPSA) is 108 Å². The third-order valence-corrected chi connectivity index (χ3v) is 3.42. The van der Waals surface area contributed by atoms with E-state index in [1.807, 2.05) is 5.38 Å². The molecule has 0 fully saturated rings. The molecule has 0 saturated carbocycles. The summed E-state index contributed by atoms with van der Waals surface area (Å²) in [6, 6.07) is 1.20. The Balaban J connectivity index is 2.32. The number of hydrogen-bond acceptors (Lipinski definition) is 6. The summed E-state index contributed by atoms with van der Waals surface area (Å²) in [6.07, 6.45) is -1.03. The standard InChI is InChI=1S/C9H11N3O3S/c10-3-5(13)11-6-4-1-2-16-9(4)7(12-15)8(6)14/h1-2,6,8,14-15H,3,10H2,(H,11,13)/b12-7+/t6-,8-/m0/s1. The minimum absolute atomic E-state index is 0.145. The van der Waals surface area contributed by atoms with Crippen LogP contribution in [-0.4, -0.2) is 34.6 Å². The van der Waals surface area contributed by atoms with E-state index in [0.717, 1.165) is 5.56 Å². The van der Waals surface area contributed by atoms with Crippen molar-refractivity contribution >= 4 is 23.0 Å². The highest BCUT2D eigenvalue weighted by molar-refractivity contribution is 7.12. The Hall–Kier alpha value is -1.44. The first-order valence-electron chi connectivity index (χ1n) is 4.66. The van der Waals surface area contributed by atoms with Crippen LogP contribution in [-0.2, 0) is 4.79 Å². The summed E-state index contributed by atoms with van der Waals surface area (Å²) in [5.41, 5.74) is 6.13. The van der Waals surface area contributed by atoms with Gasteiger partial charge >= 0.3 is 0 Å². The molecule has 0 unspecified atom stereocenters. The second-order valence-electron chi connectivity index (χ2n) is 3.38. The molecule has 1 aliphatic rings. The van der Waals surface area contributed by atoms with Gasteiger partial charge in [0.25, 0.3) is 0 Å². The number of fused-ring (bicyclic) bond motifs is 1. The van der Waals surface area contributed by atoms with Crippen LogP contribution >= 0.6 is 11.3 Å². The summed E-state index contributed by atoms with van der Waals surface area (Å²) in [6.45, 7) is -0.145. The molecule has 7 heteroatoms. The molecule has 1 amide bonds. The molecule has 2 atom stereocenters. The lowest BCUT2D eigenvalue weighted by atomic mass is 10.1. The van der Waals surface area contributed by atoms with E-state index in [2.05, 4.69) is 10.5 Å². The average molecular weight is 241 g/mol. The van der Waals surface area contributed by atoms with E-state index in [0.29, 0.717) is 4.88 Å². The zero-order valence-electron chi connectivity index (χ0n) is 8.25. The van der Waals surface area contributed by atoms with Crippen molar-refractivity contribution in [3.05, 3.63) is 21.9 Å². The highest BCUT2D eigenvalue weighted by Crippen LogP contribution is 2.35. The SMILES string of the molecule is NCC(=O)N[C@H]1c2ccsc2/C(=N/O)[C@H]1O. The van der Waals surface area contributed by atoms with Crippen LogP contribution in [0.3, 0.4) is 0 Å². The van der Waals surface area contributed by atoms with Crippen LogP contribution < -0.4 is 11.1 Å². The number of nitrogens with two attached hydrogens (primary N) is 1. The van der Waals surface area contributed by atoms with Crippen LogP contribution in [0.4, 0.5) is 0 Å². The van der Waals surface area contributed by atoms with Gasteiger partial charge in [0.1, 0.15) is 11.8 Å². The van der Waals surface area contributed by atoms with Crippen LogP contribution in [0.15, 0.2) is 16.6 Å². The highest BCUT2D eigenvalue weighted by atomic mass is 32.1. The number of amides is 1. The van der Waals surface area contributed by atoms with Gasteiger partial charge in [0.15, 0.2) is 0 Å². The number of nitrogens with zero attached hydrogens (tertiary/aromatic N) is 1. The summed E-state index contributed by atoms with van der Waals surface area (Å²) in [7, 11) is 0. The van der Waals surface area contributed by atoms with Crippen molar-refractivity contribution in [2.75, 3.05) is 6.54 Å². The minimum Gasteiger partial charge on any atom is -0.411 e. The van der Waals surface area contributed by atoms with Gasteiger partial charge in [-0.05, 0) is 17.0 Å². The van der Waals surface area contributed by atoms with Crippen LogP contribution in [0.1, 0.15) is 16.5 Å². The lowest BCUT2D eigenvalue weighted by Gasteiger charge is -2.16. The molecule has 1 aromatic heterocycles. The Bertz CT molecular complexity index is 443. The number of nitrogens with one attached hydrogen (secondary N) is 1. The van der Waals surface area contributed by atoms with Crippen molar-refractivity contribution in [1.29, 1.82) is 0 Å². The fraction of sp³-hybridized carbons (Fsp3) is 0.333. The van der Waals surface area contributed by atoms with E-state index in [1.54, 1.807) is 6.07 Å². The summed E-state index contributed by atoms with van der Waals surface area (Å²) >= 11 is 1.35. The quantitative estimate of drug-likeness (QED) is 0.410. The smallest absolute Gasteiger partial charge is 0.234 e. The van der Waals surface area contributed by atoms with Gasteiger partial charge in [0.2, 0.25) is 5.91 Å². The average Bonchev–Trinajstić information content (AvgIpc) is 2.82. The number of carbonyl (C=O) groups excluding carboxylic acids is 1. The maximum absolute atomic E-state index is 11.2. The third-order valence-electron chi connectivity index (χ3n) is 2.47. The van der Waals surface area contributed by atoms with Gasteiger partial charge in [-0.15, -0.1) is 11.3 Å². The maximum atomic E-state index is 11.2. The number of oxime groups is 1. The maximum Gasteiger partial charge on any atom is 0.234 e. The van der Waals surface area contributed by atoms with Crippen molar-refractivity contribution in [1.82, 2.24) is 5.32 Å². The molecule has 16 heavy (non-hydrogen) atoms. The normalized spacial score (nSPS) is 25.8. The van der Waals surface area contributed by atoms with Gasteiger partial charge in [-0.2, -0.15) is 0 Å². The molecule has 0 aromatic carbocycles. The van der Waals surface area contributed by atoms with E-state index < -0.39 is 12.1 Å². The molecule has 0 spiro atoms. The molecule has 6 nitrogen and oxygen atoms in total. The molecule has 0 saturated heterocycles. The zero-order valence-corrected chi connectivity index (χ0v) is 9.07. The lowest BCUT2D eigenvalue weighted by molar-refractivity contribution is -0.121. The molecule has 0 radical (unpaired) electrons. The molecule has 1 aliphatic carbocycles. The number of carbonyl (C=O) groups is 1. The van der Waals surface area contributed by atoms with Crippen LogP contribution in [0.25, 0.3) is 0 Å². The molecule has 1 heterocycles. The van der Waals surface area contributed by atoms with E-state index >= 15 is 0 Å². The Morgan fingerprint density at radius 2 is 2.44 bits per heavy atom. The van der Waals surface area contributed by atoms with Crippen molar-refractivity contribution in [3.8, 4) is 0 Å². The zero-order chi connectivity index (χ0) is 11.7. The summed E-state index contributed by atoms with van der Waals surface area (Å²) in [4.78, 5) is 11.9. The largest absolute Gasteiger partial charge is 0.411 e. The summed E-state index contributed by atoms with van der Waals surface area (Å²) in [5, 5.41) is 26.1. The Labute approximate surface area is 95.4 Å². The number of aliphatic hydroxyl groups excluding tert-OH is 1. The molecule has 1 aromatic rings. The Morgan fingerprint density at radius 3 is 3.06 bits per heavy atom. The molecular weight excluding hydrogens is 230 g/mol. The van der Waals surface area contributed by atoms with Gasteiger partial charge in [0, 0.05) is 0 Å². The molecular formula is C9H11N3O3S. The Kier molecular flexibility index (Phi) is 2.90. The first-order chi connectivity index (χ1) is 7.69. The second-order valence-corrected chi connectivity index (χ2v) is 4.30. The van der Waals surface area contributed by atoms with Gasteiger partial charge in [-0.1, -0.05) is 5.16 Å². The molecule has 86 valence electrons. The number of hydrogen-bond donors (Lipinski definition) is 4. The van der Waals surface area contributed by atoms with Crippen molar-refractivity contribution in [2.45, 2.75) is 12.1 Å². The first kappa shape index (κ1) is 11.1. The fourth-order valence-corrected chi connectivity index (χ4v) is 2.69. The minimum atomic E-state index is -1.03. The monoisotopic (exact) mass is 241 g/mol. The first-order valence-corrected chi connectivity index (χ1v) is 5.54. The van der Waals surface area contributed by atoms with Crippen molar-refractivity contribution < 1.29 is 15.1 Å². The highest BCUT2D eigenvalue weighted by Gasteiger charge is 2.39. The van der Waals surface area contributed by atoms with E-state index in [9.17, 15) is 9.90 Å². The van der Waals surface area contributed by atoms with Gasteiger partial charge < -0.3 is 21.4 Å². The Morgan fingerprint density at radius 1 is 1.69 bits per heavy atom. The number of aliphatic hydroxyl groups is 1. The summed E-state index contributed by atoms with van der Waals surface area (Å²) < 4.78 is 0. The lowest BCUT2D eigenvalue weighted by Crippen LogP contribution is -2.38. The molecule has 0 aliphatic heterocycles. The predicted molar refractivity (Wildman–Crippen MR) is 58.6 cm³/mol. The third kappa shape index (κ3) is 1.58. The van der Waals surface area contributed by atoms with Crippen LogP contribution in [0.2, 0.25) is 0 Å². The summed E-state index contributed by atoms with van der Waals surface area (Å²) in [5.74, 6) is -0.361. The van der Waals surface area contributed by atoms with Gasteiger partial charge in [-0.25, -0.2) is 0 Å². The van der Waals surface area contributed by atoms with Crippen molar-refractivity contribution in [3.63, 3.8) is 0 Å².